The molecule has 0 bridgehead atoms. The first-order chi connectivity index (χ1) is 13.0. The van der Waals surface area contributed by atoms with Crippen LogP contribution in [0.1, 0.15) is 66.4 Å². The number of fused-ring (bicyclic) bond motifs is 1. The molecule has 2 aliphatic rings. The summed E-state index contributed by atoms with van der Waals surface area (Å²) in [4.78, 5) is 48.1. The molecule has 1 unspecified atom stereocenters. The molecule has 3 amide bonds. The number of rotatable bonds is 8. The van der Waals surface area contributed by atoms with Gasteiger partial charge in [-0.05, 0) is 42.9 Å². The molecule has 7 nitrogen and oxygen atoms in total. The standard InChI is InChI=1S/C20H24N2O5/c23-17-10-9-16(19(26)21-17)22-12-14-11-13(7-8-15(14)20(22)27)5-3-1-2-4-6-18(24)25/h7-8,11,16H,1-6,9-10,12H2,(H,24,25)(H,21,23,26). The summed E-state index contributed by atoms with van der Waals surface area (Å²) >= 11 is 0. The summed E-state index contributed by atoms with van der Waals surface area (Å²) in [6.07, 6.45) is 5.28. The van der Waals surface area contributed by atoms with Crippen LogP contribution in [-0.4, -0.2) is 39.7 Å². The van der Waals surface area contributed by atoms with Crippen molar-refractivity contribution >= 4 is 23.7 Å². The van der Waals surface area contributed by atoms with Gasteiger partial charge in [-0.15, -0.1) is 0 Å². The lowest BCUT2D eigenvalue weighted by atomic mass is 10.0. The van der Waals surface area contributed by atoms with Crippen molar-refractivity contribution in [2.45, 2.75) is 64.0 Å². The number of hydrogen-bond donors (Lipinski definition) is 2. The van der Waals surface area contributed by atoms with Gasteiger partial charge in [0.25, 0.3) is 5.91 Å². The first-order valence-electron chi connectivity index (χ1n) is 9.44. The third-order valence-electron chi connectivity index (χ3n) is 5.19. The van der Waals surface area contributed by atoms with E-state index in [0.29, 0.717) is 24.9 Å². The number of nitrogens with zero attached hydrogens (tertiary/aromatic N) is 1. The second-order valence-corrected chi connectivity index (χ2v) is 7.20. The van der Waals surface area contributed by atoms with Crippen LogP contribution >= 0.6 is 0 Å². The van der Waals surface area contributed by atoms with Gasteiger partial charge in [0.2, 0.25) is 11.8 Å². The SMILES string of the molecule is O=C(O)CCCCCCc1ccc2c(c1)CN(C1CCC(=O)NC1=O)C2=O. The Labute approximate surface area is 157 Å². The van der Waals surface area contributed by atoms with E-state index in [2.05, 4.69) is 5.32 Å². The molecular formula is C20H24N2O5. The number of piperidine rings is 1. The summed E-state index contributed by atoms with van der Waals surface area (Å²) in [6.45, 7) is 0.396. The first-order valence-corrected chi connectivity index (χ1v) is 9.44. The van der Waals surface area contributed by atoms with Crippen molar-refractivity contribution < 1.29 is 24.3 Å². The number of benzene rings is 1. The minimum absolute atomic E-state index is 0.153. The molecule has 0 saturated carbocycles. The molecule has 2 aliphatic heterocycles. The third kappa shape index (κ3) is 4.53. The van der Waals surface area contributed by atoms with Crippen LogP contribution in [0, 0.1) is 0 Å². The third-order valence-corrected chi connectivity index (χ3v) is 5.19. The predicted molar refractivity (Wildman–Crippen MR) is 96.9 cm³/mol. The lowest BCUT2D eigenvalue weighted by Crippen LogP contribution is -2.52. The molecule has 7 heteroatoms. The van der Waals surface area contributed by atoms with Crippen molar-refractivity contribution in [1.29, 1.82) is 0 Å². The Morgan fingerprint density at radius 2 is 1.93 bits per heavy atom. The molecule has 1 aromatic rings. The molecule has 3 rings (SSSR count). The van der Waals surface area contributed by atoms with Gasteiger partial charge in [0.1, 0.15) is 6.04 Å². The van der Waals surface area contributed by atoms with E-state index in [1.807, 2.05) is 18.2 Å². The molecule has 1 saturated heterocycles. The van der Waals surface area contributed by atoms with Crippen LogP contribution in [0.25, 0.3) is 0 Å². The summed E-state index contributed by atoms with van der Waals surface area (Å²) in [6, 6.07) is 5.21. The molecule has 0 radical (unpaired) electrons. The summed E-state index contributed by atoms with van der Waals surface area (Å²) in [7, 11) is 0. The quantitative estimate of drug-likeness (QED) is 0.537. The van der Waals surface area contributed by atoms with Gasteiger partial charge in [-0.2, -0.15) is 0 Å². The molecule has 0 aliphatic carbocycles. The lowest BCUT2D eigenvalue weighted by molar-refractivity contribution is -0.138. The zero-order valence-corrected chi connectivity index (χ0v) is 15.2. The lowest BCUT2D eigenvalue weighted by Gasteiger charge is -2.29. The van der Waals surface area contributed by atoms with E-state index in [9.17, 15) is 19.2 Å². The van der Waals surface area contributed by atoms with Gasteiger partial charge in [-0.1, -0.05) is 25.0 Å². The molecule has 2 N–H and O–H groups in total. The smallest absolute Gasteiger partial charge is 0.303 e. The maximum Gasteiger partial charge on any atom is 0.303 e. The van der Waals surface area contributed by atoms with Gasteiger partial charge in [-0.3, -0.25) is 24.5 Å². The van der Waals surface area contributed by atoms with Crippen LogP contribution in [-0.2, 0) is 27.3 Å². The number of carbonyl (C=O) groups is 4. The maximum atomic E-state index is 12.6. The normalized spacial score (nSPS) is 19.2. The van der Waals surface area contributed by atoms with Gasteiger partial charge < -0.3 is 10.0 Å². The molecule has 1 aromatic carbocycles. The van der Waals surface area contributed by atoms with E-state index >= 15 is 0 Å². The highest BCUT2D eigenvalue weighted by Gasteiger charge is 2.38. The van der Waals surface area contributed by atoms with Crippen molar-refractivity contribution in [1.82, 2.24) is 10.2 Å². The average Bonchev–Trinajstić information content (AvgIpc) is 2.94. The summed E-state index contributed by atoms with van der Waals surface area (Å²) in [5.74, 6) is -1.58. The second-order valence-electron chi connectivity index (χ2n) is 7.20. The topological polar surface area (TPSA) is 104 Å². The van der Waals surface area contributed by atoms with Crippen molar-refractivity contribution in [3.8, 4) is 0 Å². The number of hydrogen-bond acceptors (Lipinski definition) is 4. The van der Waals surface area contributed by atoms with E-state index in [-0.39, 0.29) is 24.7 Å². The Hall–Kier alpha value is -2.70. The maximum absolute atomic E-state index is 12.6. The average molecular weight is 372 g/mol. The Morgan fingerprint density at radius 3 is 2.67 bits per heavy atom. The van der Waals surface area contributed by atoms with Crippen molar-refractivity contribution in [3.63, 3.8) is 0 Å². The van der Waals surface area contributed by atoms with Crippen molar-refractivity contribution in [2.75, 3.05) is 0 Å². The van der Waals surface area contributed by atoms with Crippen LogP contribution < -0.4 is 5.32 Å². The van der Waals surface area contributed by atoms with E-state index in [0.717, 1.165) is 36.8 Å². The summed E-state index contributed by atoms with van der Waals surface area (Å²) in [5.41, 5.74) is 2.70. The fourth-order valence-corrected chi connectivity index (χ4v) is 3.74. The number of aliphatic carboxylic acids is 1. The Bertz CT molecular complexity index is 774. The highest BCUT2D eigenvalue weighted by atomic mass is 16.4. The summed E-state index contributed by atoms with van der Waals surface area (Å²) < 4.78 is 0. The highest BCUT2D eigenvalue weighted by Crippen LogP contribution is 2.28. The zero-order chi connectivity index (χ0) is 19.4. The van der Waals surface area contributed by atoms with E-state index in [1.165, 1.54) is 0 Å². The Kier molecular flexibility index (Phi) is 5.88. The van der Waals surface area contributed by atoms with E-state index < -0.39 is 17.9 Å². The Morgan fingerprint density at radius 1 is 1.15 bits per heavy atom. The van der Waals surface area contributed by atoms with Gasteiger partial charge in [0.05, 0.1) is 0 Å². The van der Waals surface area contributed by atoms with Crippen molar-refractivity contribution in [3.05, 3.63) is 34.9 Å². The van der Waals surface area contributed by atoms with Gasteiger partial charge in [-0.25, -0.2) is 0 Å². The van der Waals surface area contributed by atoms with Crippen LogP contribution in [0.3, 0.4) is 0 Å². The van der Waals surface area contributed by atoms with Crippen LogP contribution in [0.4, 0.5) is 0 Å². The number of imide groups is 1. The van der Waals surface area contributed by atoms with Gasteiger partial charge in [0.15, 0.2) is 0 Å². The minimum atomic E-state index is -0.751. The van der Waals surface area contributed by atoms with E-state index in [1.54, 1.807) is 4.90 Å². The zero-order valence-electron chi connectivity index (χ0n) is 15.2. The van der Waals surface area contributed by atoms with Crippen LogP contribution in [0.5, 0.6) is 0 Å². The molecule has 0 aromatic heterocycles. The molecular weight excluding hydrogens is 348 g/mol. The number of unbranched alkanes of at least 4 members (excludes halogenated alkanes) is 3. The van der Waals surface area contributed by atoms with E-state index in [4.69, 9.17) is 5.11 Å². The molecule has 1 atom stereocenters. The first kappa shape index (κ1) is 19.1. The molecule has 27 heavy (non-hydrogen) atoms. The van der Waals surface area contributed by atoms with Gasteiger partial charge >= 0.3 is 5.97 Å². The van der Waals surface area contributed by atoms with Crippen LogP contribution in [0.15, 0.2) is 18.2 Å². The Balaban J connectivity index is 1.55. The van der Waals surface area contributed by atoms with Crippen LogP contribution in [0.2, 0.25) is 0 Å². The fourth-order valence-electron chi connectivity index (χ4n) is 3.74. The number of carboxylic acid groups (broad SMARTS) is 1. The van der Waals surface area contributed by atoms with Crippen molar-refractivity contribution in [2.24, 2.45) is 0 Å². The largest absolute Gasteiger partial charge is 0.481 e. The number of amides is 3. The molecule has 1 fully saturated rings. The second kappa shape index (κ2) is 8.33. The highest BCUT2D eigenvalue weighted by molar-refractivity contribution is 6.05. The fraction of sp³-hybridized carbons (Fsp3) is 0.500. The molecule has 144 valence electrons. The number of nitrogens with one attached hydrogen (secondary N) is 1. The number of carbonyl (C=O) groups excluding carboxylic acids is 3. The van der Waals surface area contributed by atoms with Gasteiger partial charge in [0, 0.05) is 24.9 Å². The summed E-state index contributed by atoms with van der Waals surface area (Å²) in [5, 5.41) is 10.9. The molecule has 2 heterocycles. The predicted octanol–water partition coefficient (Wildman–Crippen LogP) is 2.03. The monoisotopic (exact) mass is 372 g/mol. The number of carboxylic acids is 1. The number of aryl methyl sites for hydroxylation is 1. The molecule has 0 spiro atoms. The minimum Gasteiger partial charge on any atom is -0.481 e.